The van der Waals surface area contributed by atoms with Crippen LogP contribution in [0.1, 0.15) is 55.5 Å². The number of carbonyl (C=O) groups excluding carboxylic acids is 1. The molecule has 0 saturated carbocycles. The van der Waals surface area contributed by atoms with E-state index in [1.54, 1.807) is 0 Å². The van der Waals surface area contributed by atoms with Gasteiger partial charge in [-0.25, -0.2) is 9.37 Å². The molecule has 1 amide bonds. The Morgan fingerprint density at radius 2 is 1.69 bits per heavy atom. The Hall–Kier alpha value is -2.52. The topological polar surface area (TPSA) is 60.5 Å². The third-order valence-electron chi connectivity index (χ3n) is 5.10. The smallest absolute Gasteiger partial charge is 0.339 e. The zero-order valence-corrected chi connectivity index (χ0v) is 16.2. The minimum absolute atomic E-state index is 0.0815. The normalized spacial score (nSPS) is 18.6. The van der Waals surface area contributed by atoms with E-state index >= 15 is 0 Å². The molecule has 0 aliphatic carbocycles. The first kappa shape index (κ1) is 21.2. The summed E-state index contributed by atoms with van der Waals surface area (Å²) in [7, 11) is 0. The van der Waals surface area contributed by atoms with E-state index in [0.717, 1.165) is 18.3 Å². The van der Waals surface area contributed by atoms with Gasteiger partial charge < -0.3 is 14.8 Å². The molecule has 0 unspecified atom stereocenters. The van der Waals surface area contributed by atoms with Crippen LogP contribution in [0.4, 0.5) is 23.4 Å². The lowest BCUT2D eigenvalue weighted by molar-refractivity contribution is -0.137. The summed E-state index contributed by atoms with van der Waals surface area (Å²) < 4.78 is 64.5. The molecular weight excluding hydrogens is 392 g/mol. The van der Waals surface area contributed by atoms with Crippen molar-refractivity contribution < 1.29 is 31.8 Å². The summed E-state index contributed by atoms with van der Waals surface area (Å²) in [5, 5.41) is 2.23. The van der Waals surface area contributed by atoms with E-state index in [0.29, 0.717) is 6.07 Å². The number of amides is 1. The third-order valence-corrected chi connectivity index (χ3v) is 5.10. The lowest BCUT2D eigenvalue weighted by Crippen LogP contribution is -2.41. The molecule has 2 heterocycles. The van der Waals surface area contributed by atoms with Gasteiger partial charge in [0.05, 0.1) is 16.8 Å². The van der Waals surface area contributed by atoms with E-state index in [1.165, 1.54) is 12.1 Å². The molecule has 0 atom stereocenters. The Labute approximate surface area is 165 Å². The molecule has 1 aromatic heterocycles. The number of carbonyl (C=O) groups is 1. The largest absolute Gasteiger partial charge is 0.416 e. The number of hydrogen-bond acceptors (Lipinski definition) is 4. The van der Waals surface area contributed by atoms with Gasteiger partial charge >= 0.3 is 6.18 Å². The molecule has 1 aliphatic heterocycles. The average Bonchev–Trinajstić information content (AvgIpc) is 2.81. The first-order valence-electron chi connectivity index (χ1n) is 8.80. The molecule has 2 aromatic rings. The first-order chi connectivity index (χ1) is 13.3. The number of pyridine rings is 1. The van der Waals surface area contributed by atoms with E-state index in [4.69, 9.17) is 9.47 Å². The van der Waals surface area contributed by atoms with Crippen molar-refractivity contribution in [3.05, 3.63) is 59.0 Å². The van der Waals surface area contributed by atoms with Gasteiger partial charge in [0.2, 0.25) is 0 Å². The van der Waals surface area contributed by atoms with E-state index in [1.807, 2.05) is 27.7 Å². The second-order valence-corrected chi connectivity index (χ2v) is 7.71. The molecule has 5 nitrogen and oxygen atoms in total. The van der Waals surface area contributed by atoms with Crippen molar-refractivity contribution in [2.45, 2.75) is 51.4 Å². The summed E-state index contributed by atoms with van der Waals surface area (Å²) in [5.74, 6) is -1.82. The zero-order valence-electron chi connectivity index (χ0n) is 16.2. The van der Waals surface area contributed by atoms with E-state index < -0.39 is 41.0 Å². The Morgan fingerprint density at radius 3 is 2.24 bits per heavy atom. The molecule has 156 valence electrons. The van der Waals surface area contributed by atoms with Crippen LogP contribution in [0, 0.1) is 5.82 Å². The van der Waals surface area contributed by atoms with Crippen LogP contribution in [-0.4, -0.2) is 22.1 Å². The minimum atomic E-state index is -4.57. The molecule has 29 heavy (non-hydrogen) atoms. The number of alkyl halides is 3. The quantitative estimate of drug-likeness (QED) is 0.713. The van der Waals surface area contributed by atoms with Gasteiger partial charge in [-0.1, -0.05) is 6.07 Å². The second-order valence-electron chi connectivity index (χ2n) is 7.71. The van der Waals surface area contributed by atoms with Gasteiger partial charge in [0.1, 0.15) is 11.6 Å². The SMILES string of the molecule is CC1(C)OC(c2ccc(C(=O)Nc3cc(C(F)(F)F)ccn3)cc2F)OC1(C)C. The predicted octanol–water partition coefficient (Wildman–Crippen LogP) is 5.09. The number of benzene rings is 1. The van der Waals surface area contributed by atoms with Gasteiger partial charge in [-0.3, -0.25) is 4.79 Å². The Morgan fingerprint density at radius 1 is 1.07 bits per heavy atom. The van der Waals surface area contributed by atoms with E-state index in [9.17, 15) is 22.4 Å². The number of nitrogens with zero attached hydrogens (tertiary/aromatic N) is 1. The zero-order chi connectivity index (χ0) is 21.6. The summed E-state index contributed by atoms with van der Waals surface area (Å²) in [5.41, 5.74) is -2.23. The molecule has 3 rings (SSSR count). The fraction of sp³-hybridized carbons (Fsp3) is 0.400. The van der Waals surface area contributed by atoms with Crippen LogP contribution in [0.25, 0.3) is 0 Å². The van der Waals surface area contributed by atoms with Crippen molar-refractivity contribution in [2.75, 3.05) is 5.32 Å². The minimum Gasteiger partial charge on any atom is -0.339 e. The van der Waals surface area contributed by atoms with Gasteiger partial charge in [-0.2, -0.15) is 13.2 Å². The highest BCUT2D eigenvalue weighted by molar-refractivity contribution is 6.03. The number of anilines is 1. The number of rotatable bonds is 3. The highest BCUT2D eigenvalue weighted by atomic mass is 19.4. The number of ether oxygens (including phenoxy) is 2. The number of nitrogens with one attached hydrogen (secondary N) is 1. The molecular formula is C20H20F4N2O3. The van der Waals surface area contributed by atoms with E-state index in [2.05, 4.69) is 10.3 Å². The van der Waals surface area contributed by atoms with Crippen LogP contribution in [0.2, 0.25) is 0 Å². The van der Waals surface area contributed by atoms with Gasteiger partial charge in [-0.15, -0.1) is 0 Å². The second kappa shape index (κ2) is 7.07. The number of aromatic nitrogens is 1. The Bertz CT molecular complexity index is 926. The number of hydrogen-bond donors (Lipinski definition) is 1. The molecule has 1 saturated heterocycles. The molecule has 0 spiro atoms. The molecule has 0 radical (unpaired) electrons. The van der Waals surface area contributed by atoms with Crippen molar-refractivity contribution in [2.24, 2.45) is 0 Å². The summed E-state index contributed by atoms with van der Waals surface area (Å²) in [6.45, 7) is 7.31. The number of halogens is 4. The van der Waals surface area contributed by atoms with Gasteiger partial charge in [0.25, 0.3) is 5.91 Å². The van der Waals surface area contributed by atoms with Crippen molar-refractivity contribution in [3.8, 4) is 0 Å². The van der Waals surface area contributed by atoms with Crippen LogP contribution in [0.3, 0.4) is 0 Å². The van der Waals surface area contributed by atoms with Gasteiger partial charge in [0, 0.05) is 17.3 Å². The lowest BCUT2D eigenvalue weighted by Gasteiger charge is -2.30. The molecule has 1 N–H and O–H groups in total. The maximum atomic E-state index is 14.6. The summed E-state index contributed by atoms with van der Waals surface area (Å²) in [4.78, 5) is 16.0. The summed E-state index contributed by atoms with van der Waals surface area (Å²) >= 11 is 0. The van der Waals surface area contributed by atoms with Crippen LogP contribution in [0.5, 0.6) is 0 Å². The standard InChI is InChI=1S/C20H20F4N2O3/c1-18(2)19(3,4)29-17(28-18)13-6-5-11(9-14(13)21)16(27)26-15-10-12(7-8-25-15)20(22,23)24/h5-10,17H,1-4H3,(H,25,26,27). The highest BCUT2D eigenvalue weighted by Crippen LogP contribution is 2.45. The van der Waals surface area contributed by atoms with Crippen LogP contribution >= 0.6 is 0 Å². The van der Waals surface area contributed by atoms with Gasteiger partial charge in [0.15, 0.2) is 6.29 Å². The van der Waals surface area contributed by atoms with Crippen molar-refractivity contribution in [1.82, 2.24) is 4.98 Å². The fourth-order valence-corrected chi connectivity index (χ4v) is 2.69. The summed E-state index contributed by atoms with van der Waals surface area (Å²) in [6.07, 6.45) is -4.58. The average molecular weight is 412 g/mol. The van der Waals surface area contributed by atoms with Crippen LogP contribution < -0.4 is 5.32 Å². The predicted molar refractivity (Wildman–Crippen MR) is 96.7 cm³/mol. The first-order valence-corrected chi connectivity index (χ1v) is 8.80. The van der Waals surface area contributed by atoms with Crippen molar-refractivity contribution >= 4 is 11.7 Å². The molecule has 1 aliphatic rings. The fourth-order valence-electron chi connectivity index (χ4n) is 2.69. The van der Waals surface area contributed by atoms with Crippen LogP contribution in [0.15, 0.2) is 36.5 Å². The maximum absolute atomic E-state index is 14.6. The molecule has 0 bridgehead atoms. The Kier molecular flexibility index (Phi) is 5.17. The third kappa shape index (κ3) is 4.25. The van der Waals surface area contributed by atoms with E-state index in [-0.39, 0.29) is 16.9 Å². The van der Waals surface area contributed by atoms with Crippen molar-refractivity contribution in [3.63, 3.8) is 0 Å². The van der Waals surface area contributed by atoms with Crippen molar-refractivity contribution in [1.29, 1.82) is 0 Å². The highest BCUT2D eigenvalue weighted by Gasteiger charge is 2.50. The monoisotopic (exact) mass is 412 g/mol. The molecule has 1 aromatic carbocycles. The molecule has 9 heteroatoms. The lowest BCUT2D eigenvalue weighted by atomic mass is 9.90. The molecule has 1 fully saturated rings. The Balaban J connectivity index is 1.78. The van der Waals surface area contributed by atoms with Crippen LogP contribution in [-0.2, 0) is 15.7 Å². The van der Waals surface area contributed by atoms with Gasteiger partial charge in [-0.05, 0) is 52.0 Å². The maximum Gasteiger partial charge on any atom is 0.416 e. The summed E-state index contributed by atoms with van der Waals surface area (Å²) in [6, 6.07) is 5.16.